The highest BCUT2D eigenvalue weighted by atomic mass is 32.2. The van der Waals surface area contributed by atoms with Crippen LogP contribution in [0.5, 0.6) is 0 Å². The van der Waals surface area contributed by atoms with Crippen LogP contribution < -0.4 is 16.0 Å². The van der Waals surface area contributed by atoms with E-state index in [1.54, 1.807) is 12.1 Å². The summed E-state index contributed by atoms with van der Waals surface area (Å²) in [7, 11) is 1.36. The number of hydrogen-bond acceptors (Lipinski definition) is 6. The number of hydrogen-bond donors (Lipinski definition) is 3. The van der Waals surface area contributed by atoms with E-state index >= 15 is 0 Å². The predicted molar refractivity (Wildman–Crippen MR) is 113 cm³/mol. The molecule has 0 saturated heterocycles. The van der Waals surface area contributed by atoms with E-state index in [1.165, 1.54) is 18.8 Å². The minimum atomic E-state index is -0.898. The Bertz CT molecular complexity index is 729. The Morgan fingerprint density at radius 3 is 2.24 bits per heavy atom. The lowest BCUT2D eigenvalue weighted by Crippen LogP contribution is -2.44. The topological polar surface area (TPSA) is 114 Å². The number of nitrogens with one attached hydrogen (secondary N) is 3. The van der Waals surface area contributed by atoms with Crippen molar-refractivity contribution in [2.75, 3.05) is 25.7 Å². The molecular weight excluding hydrogens is 394 g/mol. The molecule has 0 aliphatic carbocycles. The zero-order valence-corrected chi connectivity index (χ0v) is 18.3. The zero-order chi connectivity index (χ0) is 22.0. The van der Waals surface area contributed by atoms with Crippen LogP contribution in [0.2, 0.25) is 0 Å². The number of carbonyl (C=O) groups excluding carboxylic acids is 4. The monoisotopic (exact) mass is 423 g/mol. The number of urea groups is 1. The van der Waals surface area contributed by atoms with Crippen molar-refractivity contribution in [3.8, 4) is 0 Å². The highest BCUT2D eigenvalue weighted by Gasteiger charge is 2.24. The number of esters is 1. The van der Waals surface area contributed by atoms with E-state index in [1.807, 2.05) is 23.7 Å². The average molecular weight is 424 g/mol. The van der Waals surface area contributed by atoms with Gasteiger partial charge in [-0.15, -0.1) is 0 Å². The number of amides is 4. The Morgan fingerprint density at radius 1 is 1.10 bits per heavy atom. The quantitative estimate of drug-likeness (QED) is 0.550. The molecule has 29 heavy (non-hydrogen) atoms. The Morgan fingerprint density at radius 2 is 1.72 bits per heavy atom. The lowest BCUT2D eigenvalue weighted by molar-refractivity contribution is -0.150. The normalized spacial score (nSPS) is 11.9. The second kappa shape index (κ2) is 11.5. The van der Waals surface area contributed by atoms with Gasteiger partial charge in [-0.05, 0) is 41.5 Å². The van der Waals surface area contributed by atoms with E-state index in [2.05, 4.69) is 31.4 Å². The van der Waals surface area contributed by atoms with Crippen LogP contribution >= 0.6 is 11.8 Å². The van der Waals surface area contributed by atoms with Crippen molar-refractivity contribution < 1.29 is 23.9 Å². The highest BCUT2D eigenvalue weighted by molar-refractivity contribution is 7.98. The van der Waals surface area contributed by atoms with Gasteiger partial charge < -0.3 is 15.4 Å². The largest absolute Gasteiger partial charge is 0.454 e. The third kappa shape index (κ3) is 8.55. The van der Waals surface area contributed by atoms with Gasteiger partial charge in [0.1, 0.15) is 6.04 Å². The van der Waals surface area contributed by atoms with Crippen LogP contribution in [0.1, 0.15) is 43.1 Å². The molecule has 3 N–H and O–H groups in total. The number of carbonyl (C=O) groups is 4. The lowest BCUT2D eigenvalue weighted by atomic mass is 9.86. The molecule has 0 fully saturated rings. The number of benzene rings is 1. The lowest BCUT2D eigenvalue weighted by Gasteiger charge is -2.20. The smallest absolute Gasteiger partial charge is 0.329 e. The fraction of sp³-hybridized carbons (Fsp3) is 0.500. The van der Waals surface area contributed by atoms with Gasteiger partial charge in [0.25, 0.3) is 11.8 Å². The molecule has 0 unspecified atom stereocenters. The SMILES string of the molecule is CNC(=O)NC(=O)COC(=O)[C@H](CCSC)NC(=O)c1ccc(C(C)(C)C)cc1. The van der Waals surface area contributed by atoms with Crippen LogP contribution in [0, 0.1) is 0 Å². The Balaban J connectivity index is 2.74. The van der Waals surface area contributed by atoms with E-state index in [-0.39, 0.29) is 5.41 Å². The van der Waals surface area contributed by atoms with Gasteiger partial charge in [-0.1, -0.05) is 32.9 Å². The summed E-state index contributed by atoms with van der Waals surface area (Å²) in [5.41, 5.74) is 1.49. The minimum absolute atomic E-state index is 0.0328. The molecule has 0 aliphatic heterocycles. The van der Waals surface area contributed by atoms with Gasteiger partial charge >= 0.3 is 12.0 Å². The second-order valence-electron chi connectivity index (χ2n) is 7.37. The summed E-state index contributed by atoms with van der Waals surface area (Å²) in [5, 5.41) is 6.88. The summed E-state index contributed by atoms with van der Waals surface area (Å²) >= 11 is 1.52. The molecule has 160 valence electrons. The third-order valence-corrected chi connectivity index (χ3v) is 4.68. The van der Waals surface area contributed by atoms with E-state index in [4.69, 9.17) is 4.74 Å². The number of imide groups is 1. The second-order valence-corrected chi connectivity index (χ2v) is 8.36. The standard InChI is InChI=1S/C20H29N3O5S/c1-20(2,3)14-8-6-13(7-9-14)17(25)22-15(10-11-29-5)18(26)28-12-16(24)23-19(27)21-4/h6-9,15H,10-12H2,1-5H3,(H,22,25)(H2,21,23,24,27)/t15-/m0/s1. The average Bonchev–Trinajstić information content (AvgIpc) is 2.68. The molecular formula is C20H29N3O5S. The Labute approximate surface area is 175 Å². The molecule has 1 rings (SSSR count). The Hall–Kier alpha value is -2.55. The van der Waals surface area contributed by atoms with Gasteiger partial charge in [-0.25, -0.2) is 9.59 Å². The molecule has 0 aliphatic rings. The first-order chi connectivity index (χ1) is 13.6. The fourth-order valence-corrected chi connectivity index (χ4v) is 2.78. The predicted octanol–water partition coefficient (Wildman–Crippen LogP) is 1.83. The molecule has 4 amide bonds. The van der Waals surface area contributed by atoms with E-state index in [0.717, 1.165) is 5.56 Å². The maximum Gasteiger partial charge on any atom is 0.329 e. The number of thioether (sulfide) groups is 1. The number of ether oxygens (including phenoxy) is 1. The first kappa shape index (κ1) is 24.5. The van der Waals surface area contributed by atoms with Crippen LogP contribution in [0.4, 0.5) is 4.79 Å². The van der Waals surface area contributed by atoms with Crippen LogP contribution in [0.3, 0.4) is 0 Å². The number of rotatable bonds is 8. The highest BCUT2D eigenvalue weighted by Crippen LogP contribution is 2.22. The molecule has 0 radical (unpaired) electrons. The summed E-state index contributed by atoms with van der Waals surface area (Å²) in [6.07, 6.45) is 2.23. The zero-order valence-electron chi connectivity index (χ0n) is 17.5. The molecule has 0 spiro atoms. The summed E-state index contributed by atoms with van der Waals surface area (Å²) < 4.78 is 4.95. The van der Waals surface area contributed by atoms with Gasteiger partial charge in [0.05, 0.1) is 0 Å². The summed E-state index contributed by atoms with van der Waals surface area (Å²) in [5.74, 6) is -1.27. The first-order valence-corrected chi connectivity index (χ1v) is 10.6. The maximum absolute atomic E-state index is 12.5. The molecule has 0 heterocycles. The Kier molecular flexibility index (Phi) is 9.67. The maximum atomic E-state index is 12.5. The van der Waals surface area contributed by atoms with Crippen molar-refractivity contribution in [3.63, 3.8) is 0 Å². The van der Waals surface area contributed by atoms with Crippen molar-refractivity contribution in [2.45, 2.75) is 38.6 Å². The molecule has 1 aromatic rings. The van der Waals surface area contributed by atoms with Gasteiger partial charge in [-0.3, -0.25) is 14.9 Å². The molecule has 1 aromatic carbocycles. The molecule has 1 atom stereocenters. The first-order valence-electron chi connectivity index (χ1n) is 9.17. The van der Waals surface area contributed by atoms with Gasteiger partial charge in [-0.2, -0.15) is 11.8 Å². The molecule has 8 nitrogen and oxygen atoms in total. The minimum Gasteiger partial charge on any atom is -0.454 e. The van der Waals surface area contributed by atoms with Crippen molar-refractivity contribution in [1.82, 2.24) is 16.0 Å². The van der Waals surface area contributed by atoms with Crippen molar-refractivity contribution >= 4 is 35.6 Å². The summed E-state index contributed by atoms with van der Waals surface area (Å²) in [6.45, 7) is 5.63. The van der Waals surface area contributed by atoms with E-state index in [9.17, 15) is 19.2 Å². The molecule has 0 aromatic heterocycles. The van der Waals surface area contributed by atoms with Gasteiger partial charge in [0, 0.05) is 12.6 Å². The van der Waals surface area contributed by atoms with Crippen LogP contribution in [0.25, 0.3) is 0 Å². The molecule has 0 saturated carbocycles. The van der Waals surface area contributed by atoms with Gasteiger partial charge in [0.15, 0.2) is 6.61 Å². The van der Waals surface area contributed by atoms with E-state index in [0.29, 0.717) is 17.7 Å². The van der Waals surface area contributed by atoms with Crippen molar-refractivity contribution in [1.29, 1.82) is 0 Å². The summed E-state index contributed by atoms with van der Waals surface area (Å²) in [6, 6.07) is 5.59. The van der Waals surface area contributed by atoms with Crippen molar-refractivity contribution in [3.05, 3.63) is 35.4 Å². The molecule has 9 heteroatoms. The molecule has 0 bridgehead atoms. The van der Waals surface area contributed by atoms with Crippen LogP contribution in [-0.2, 0) is 19.7 Å². The third-order valence-electron chi connectivity index (χ3n) is 4.04. The van der Waals surface area contributed by atoms with Gasteiger partial charge in [0.2, 0.25) is 0 Å². The van der Waals surface area contributed by atoms with Crippen LogP contribution in [0.15, 0.2) is 24.3 Å². The summed E-state index contributed by atoms with van der Waals surface area (Å²) in [4.78, 5) is 47.5. The van der Waals surface area contributed by atoms with E-state index < -0.39 is 36.5 Å². The van der Waals surface area contributed by atoms with Crippen LogP contribution in [-0.4, -0.2) is 55.5 Å². The fourth-order valence-electron chi connectivity index (χ4n) is 2.31. The van der Waals surface area contributed by atoms with Crippen molar-refractivity contribution in [2.24, 2.45) is 0 Å².